The van der Waals surface area contributed by atoms with E-state index in [1.54, 1.807) is 6.20 Å². The lowest BCUT2D eigenvalue weighted by Crippen LogP contribution is -2.60. The number of nitrogens with one attached hydrogen (secondary N) is 3. The number of anilines is 2. The molecule has 1 saturated heterocycles. The second-order valence-corrected chi connectivity index (χ2v) is 15.1. The number of hydrogen-bond donors (Lipinski definition) is 3. The molecule has 0 spiro atoms. The van der Waals surface area contributed by atoms with Crippen LogP contribution in [0, 0.1) is 40.4 Å². The van der Waals surface area contributed by atoms with Crippen LogP contribution < -0.4 is 16.0 Å². The van der Waals surface area contributed by atoms with Gasteiger partial charge in [-0.05, 0) is 113 Å². The fraction of sp³-hybridized carbons (Fsp3) is 0.647. The molecule has 1 aromatic carbocycles. The van der Waals surface area contributed by atoms with Gasteiger partial charge in [-0.2, -0.15) is 10.2 Å². The lowest BCUT2D eigenvalue weighted by Gasteiger charge is -2.60. The monoisotopic (exact) mass is 619 g/mol. The molecule has 1 aromatic heterocycles. The van der Waals surface area contributed by atoms with E-state index in [1.165, 1.54) is 32.1 Å². The zero-order chi connectivity index (χ0) is 30.9. The van der Waals surface area contributed by atoms with Crippen molar-refractivity contribution in [2.45, 2.75) is 83.9 Å². The molecule has 2 heterocycles. The Morgan fingerprint density at radius 2 is 1.86 bits per heavy atom. The molecule has 236 valence electrons. The summed E-state index contributed by atoms with van der Waals surface area (Å²) in [6.45, 7) is 9.70. The van der Waals surface area contributed by atoms with Crippen molar-refractivity contribution >= 4 is 29.5 Å². The first-order chi connectivity index (χ1) is 21.1. The number of piperidine rings is 1. The highest BCUT2D eigenvalue weighted by Gasteiger charge is 2.55. The van der Waals surface area contributed by atoms with Crippen LogP contribution in [-0.4, -0.2) is 58.8 Å². The summed E-state index contributed by atoms with van der Waals surface area (Å²) in [5.74, 6) is 3.87. The number of carbonyl (C=O) groups excluding carboxylic acids is 1. The summed E-state index contributed by atoms with van der Waals surface area (Å²) in [7, 11) is 0. The van der Waals surface area contributed by atoms with E-state index in [4.69, 9.17) is 21.3 Å². The van der Waals surface area contributed by atoms with Crippen LogP contribution in [0.4, 0.5) is 16.6 Å². The molecule has 5 aliphatic rings. The molecule has 10 heteroatoms. The van der Waals surface area contributed by atoms with Gasteiger partial charge in [0.1, 0.15) is 23.1 Å². The maximum absolute atomic E-state index is 12.5. The largest absolute Gasteiger partial charge is 0.444 e. The van der Waals surface area contributed by atoms with Crippen molar-refractivity contribution < 1.29 is 9.53 Å². The summed E-state index contributed by atoms with van der Waals surface area (Å²) in [4.78, 5) is 23.4. The molecule has 0 radical (unpaired) electrons. The Morgan fingerprint density at radius 3 is 2.55 bits per heavy atom. The number of nitriles is 1. The van der Waals surface area contributed by atoms with Gasteiger partial charge in [0.25, 0.3) is 0 Å². The standard InChI is InChI=1S/C34H46ClN7O2/c1-33(2,3)44-32(43)42-10-8-22(9-11-42)18-37-29-25-12-23-13-26(29)16-34(14-23,15-25)21-40-30-27(17-36)20-39-31(41-30)38-19-24-6-4-5-7-28(24)35/h4-7,20,22-23,25-26,29,37H,8-16,18-19,21H2,1-3H3,(H2,38,39,40,41)/t23?,25-,26+,29?,34?. The number of carbonyl (C=O) groups is 1. The normalized spacial score (nSPS) is 28.0. The molecule has 2 aromatic rings. The zero-order valence-electron chi connectivity index (χ0n) is 26.2. The Balaban J connectivity index is 1.02. The minimum atomic E-state index is -0.452. The number of aromatic nitrogens is 2. The van der Waals surface area contributed by atoms with Gasteiger partial charge in [0.15, 0.2) is 0 Å². The summed E-state index contributed by atoms with van der Waals surface area (Å²) in [6, 6.07) is 10.6. The van der Waals surface area contributed by atoms with E-state index in [-0.39, 0.29) is 11.5 Å². The molecule has 5 fully saturated rings. The van der Waals surface area contributed by atoms with Crippen LogP contribution in [0.5, 0.6) is 0 Å². The van der Waals surface area contributed by atoms with Gasteiger partial charge in [0.05, 0.1) is 6.20 Å². The lowest BCUT2D eigenvalue weighted by atomic mass is 9.48. The average Bonchev–Trinajstić information content (AvgIpc) is 2.98. The van der Waals surface area contributed by atoms with Crippen LogP contribution in [0.15, 0.2) is 30.5 Å². The van der Waals surface area contributed by atoms with Gasteiger partial charge in [-0.1, -0.05) is 29.8 Å². The predicted octanol–water partition coefficient (Wildman–Crippen LogP) is 6.46. The second kappa shape index (κ2) is 12.7. The second-order valence-electron chi connectivity index (χ2n) is 14.7. The summed E-state index contributed by atoms with van der Waals surface area (Å²) < 4.78 is 5.58. The van der Waals surface area contributed by atoms with Crippen molar-refractivity contribution in [2.75, 3.05) is 36.8 Å². The van der Waals surface area contributed by atoms with Gasteiger partial charge in [-0.25, -0.2) is 9.78 Å². The number of rotatable bonds is 9. The van der Waals surface area contributed by atoms with Crippen LogP contribution >= 0.6 is 11.6 Å². The van der Waals surface area contributed by atoms with E-state index < -0.39 is 5.60 Å². The Morgan fingerprint density at radius 1 is 1.14 bits per heavy atom. The highest BCUT2D eigenvalue weighted by molar-refractivity contribution is 6.31. The quantitative estimate of drug-likeness (QED) is 0.293. The topological polar surface area (TPSA) is 115 Å². The smallest absolute Gasteiger partial charge is 0.410 e. The van der Waals surface area contributed by atoms with Gasteiger partial charge in [-0.15, -0.1) is 0 Å². The molecule has 1 aliphatic heterocycles. The van der Waals surface area contributed by atoms with E-state index >= 15 is 0 Å². The van der Waals surface area contributed by atoms with Gasteiger partial charge >= 0.3 is 6.09 Å². The molecule has 4 bridgehead atoms. The molecule has 3 N–H and O–H groups in total. The Labute approximate surface area is 266 Å². The molecule has 5 atom stereocenters. The molecular weight excluding hydrogens is 574 g/mol. The van der Waals surface area contributed by atoms with Crippen molar-refractivity contribution in [1.29, 1.82) is 5.26 Å². The number of ether oxygens (including phenoxy) is 1. The van der Waals surface area contributed by atoms with Gasteiger partial charge in [0.2, 0.25) is 5.95 Å². The van der Waals surface area contributed by atoms with Crippen molar-refractivity contribution in [1.82, 2.24) is 20.2 Å². The fourth-order valence-corrected chi connectivity index (χ4v) is 8.66. The minimum Gasteiger partial charge on any atom is -0.444 e. The Hall–Kier alpha value is -3.09. The third kappa shape index (κ3) is 7.07. The van der Waals surface area contributed by atoms with Crippen molar-refractivity contribution in [2.24, 2.45) is 29.1 Å². The number of amides is 1. The van der Waals surface area contributed by atoms with E-state index in [9.17, 15) is 10.1 Å². The van der Waals surface area contributed by atoms with E-state index in [2.05, 4.69) is 27.0 Å². The van der Waals surface area contributed by atoms with E-state index in [0.29, 0.717) is 52.7 Å². The molecule has 4 aliphatic carbocycles. The maximum atomic E-state index is 12.5. The summed E-state index contributed by atoms with van der Waals surface area (Å²) >= 11 is 6.31. The molecule has 3 unspecified atom stereocenters. The fourth-order valence-electron chi connectivity index (χ4n) is 8.46. The first-order valence-corrected chi connectivity index (χ1v) is 16.7. The first-order valence-electron chi connectivity index (χ1n) is 16.3. The molecule has 9 nitrogen and oxygen atoms in total. The maximum Gasteiger partial charge on any atom is 0.410 e. The molecule has 7 rings (SSSR count). The summed E-state index contributed by atoms with van der Waals surface area (Å²) in [5, 5.41) is 21.3. The van der Waals surface area contributed by atoms with E-state index in [0.717, 1.165) is 50.5 Å². The van der Waals surface area contributed by atoms with Crippen molar-refractivity contribution in [3.8, 4) is 6.07 Å². The van der Waals surface area contributed by atoms with Crippen LogP contribution in [0.25, 0.3) is 0 Å². The number of benzene rings is 1. The molecule has 44 heavy (non-hydrogen) atoms. The lowest BCUT2D eigenvalue weighted by molar-refractivity contribution is -0.0704. The number of likely N-dealkylation sites (tertiary alicyclic amines) is 1. The molecule has 4 saturated carbocycles. The van der Waals surface area contributed by atoms with Gasteiger partial charge in [0, 0.05) is 37.2 Å². The van der Waals surface area contributed by atoms with Crippen molar-refractivity contribution in [3.05, 3.63) is 46.6 Å². The minimum absolute atomic E-state index is 0.183. The number of nitrogens with zero attached hydrogens (tertiary/aromatic N) is 4. The first kappa shape index (κ1) is 30.9. The average molecular weight is 620 g/mol. The van der Waals surface area contributed by atoms with Crippen LogP contribution in [0.1, 0.15) is 76.8 Å². The van der Waals surface area contributed by atoms with Crippen LogP contribution in [0.3, 0.4) is 0 Å². The Bertz CT molecular complexity index is 1360. The summed E-state index contributed by atoms with van der Waals surface area (Å²) in [5.41, 5.74) is 1.23. The number of halogens is 1. The highest BCUT2D eigenvalue weighted by atomic mass is 35.5. The molecular formula is C34H46ClN7O2. The van der Waals surface area contributed by atoms with Gasteiger partial charge < -0.3 is 25.6 Å². The number of hydrogen-bond acceptors (Lipinski definition) is 8. The SMILES string of the molecule is CC(C)(C)OC(=O)N1CCC(CNC2[C@@H]3CC4C[C@H]2CC(CNc2nc(NCc5ccccc5Cl)ncc2C#N)(C4)C3)CC1. The third-order valence-corrected chi connectivity index (χ3v) is 10.6. The van der Waals surface area contributed by atoms with Crippen LogP contribution in [-0.2, 0) is 11.3 Å². The van der Waals surface area contributed by atoms with Crippen LogP contribution in [0.2, 0.25) is 5.02 Å². The van der Waals surface area contributed by atoms with E-state index in [1.807, 2.05) is 49.9 Å². The zero-order valence-corrected chi connectivity index (χ0v) is 27.0. The highest BCUT2D eigenvalue weighted by Crippen LogP contribution is 2.60. The van der Waals surface area contributed by atoms with Crippen molar-refractivity contribution in [3.63, 3.8) is 0 Å². The molecule has 1 amide bonds. The third-order valence-electron chi connectivity index (χ3n) is 10.2. The summed E-state index contributed by atoms with van der Waals surface area (Å²) in [6.07, 6.45) is 9.80. The predicted molar refractivity (Wildman–Crippen MR) is 172 cm³/mol. The van der Waals surface area contributed by atoms with Gasteiger partial charge in [-0.3, -0.25) is 0 Å². The Kier molecular flexibility index (Phi) is 8.94.